The lowest BCUT2D eigenvalue weighted by molar-refractivity contribution is -0.137. The number of nitrogens with zero attached hydrogens (tertiary/aromatic N) is 1. The van der Waals surface area contributed by atoms with E-state index in [4.69, 9.17) is 9.84 Å². The van der Waals surface area contributed by atoms with Crippen LogP contribution >= 0.6 is 0 Å². The third kappa shape index (κ3) is 2.74. The number of rotatable bonds is 5. The number of carbonyl (C=O) groups is 2. The molecule has 0 atom stereocenters. The van der Waals surface area contributed by atoms with Gasteiger partial charge in [0.2, 0.25) is 0 Å². The summed E-state index contributed by atoms with van der Waals surface area (Å²) in [6.45, 7) is -0.247. The van der Waals surface area contributed by atoms with Crippen molar-refractivity contribution in [2.45, 2.75) is 0 Å². The second-order valence-electron chi connectivity index (χ2n) is 3.93. The molecule has 2 rings (SSSR count). The van der Waals surface area contributed by atoms with Gasteiger partial charge in [-0.15, -0.1) is 0 Å². The number of aliphatic hydroxyl groups excluding tert-OH is 1. The molecule has 1 aromatic rings. The second-order valence-corrected chi connectivity index (χ2v) is 3.93. The topological polar surface area (TPSA) is 78.9 Å². The van der Waals surface area contributed by atoms with Crippen molar-refractivity contribution < 1.29 is 19.4 Å². The second kappa shape index (κ2) is 5.53. The molecule has 2 N–H and O–H groups in total. The highest BCUT2D eigenvalue weighted by Crippen LogP contribution is 2.19. The maximum Gasteiger partial charge on any atom is 0.277 e. The summed E-state index contributed by atoms with van der Waals surface area (Å²) in [6.07, 6.45) is 1.22. The maximum absolute atomic E-state index is 11.9. The van der Waals surface area contributed by atoms with Crippen LogP contribution in [0.15, 0.2) is 36.0 Å². The number of hydrogen-bond acceptors (Lipinski definition) is 5. The van der Waals surface area contributed by atoms with Crippen LogP contribution in [-0.2, 0) is 9.59 Å². The summed E-state index contributed by atoms with van der Waals surface area (Å²) >= 11 is 0. The largest absolute Gasteiger partial charge is 0.497 e. The van der Waals surface area contributed by atoms with Crippen LogP contribution in [-0.4, -0.2) is 42.1 Å². The fourth-order valence-electron chi connectivity index (χ4n) is 1.74. The standard InChI is InChI=1S/C13H14N2O4/c1-19-10-4-2-9(3-5-10)14-11-8-12(17)15(6-7-16)13(11)18/h2-5,8,14,16H,6-7H2,1H3. The van der Waals surface area contributed by atoms with Crippen molar-refractivity contribution in [3.05, 3.63) is 36.0 Å². The molecule has 100 valence electrons. The maximum atomic E-state index is 11.9. The number of nitrogens with one attached hydrogen (secondary N) is 1. The van der Waals surface area contributed by atoms with E-state index in [1.54, 1.807) is 31.4 Å². The Hall–Kier alpha value is -2.34. The highest BCUT2D eigenvalue weighted by molar-refractivity contribution is 6.17. The first kappa shape index (κ1) is 13.1. The van der Waals surface area contributed by atoms with E-state index < -0.39 is 11.8 Å². The minimum Gasteiger partial charge on any atom is -0.497 e. The zero-order valence-corrected chi connectivity index (χ0v) is 10.4. The average Bonchev–Trinajstić information content (AvgIpc) is 2.68. The number of β-amino-alcohol motifs (C(OH)–C–C–N with tert-alkyl or cyclic N) is 1. The molecule has 0 saturated heterocycles. The Morgan fingerprint density at radius 1 is 1.26 bits per heavy atom. The molecule has 0 unspecified atom stereocenters. The van der Waals surface area contributed by atoms with Crippen molar-refractivity contribution in [2.24, 2.45) is 0 Å². The molecular weight excluding hydrogens is 248 g/mol. The van der Waals surface area contributed by atoms with Gasteiger partial charge in [-0.3, -0.25) is 14.5 Å². The van der Waals surface area contributed by atoms with E-state index in [1.165, 1.54) is 6.08 Å². The SMILES string of the molecule is COc1ccc(NC2=CC(=O)N(CCO)C2=O)cc1. The Morgan fingerprint density at radius 3 is 2.53 bits per heavy atom. The van der Waals surface area contributed by atoms with E-state index in [0.717, 1.165) is 4.90 Å². The minimum atomic E-state index is -0.435. The number of imide groups is 1. The normalized spacial score (nSPS) is 14.6. The molecule has 1 aliphatic heterocycles. The minimum absolute atomic E-state index is 0.00194. The number of amides is 2. The van der Waals surface area contributed by atoms with Gasteiger partial charge in [-0.25, -0.2) is 0 Å². The first-order valence-electron chi connectivity index (χ1n) is 5.75. The zero-order valence-electron chi connectivity index (χ0n) is 10.4. The number of benzene rings is 1. The number of carbonyl (C=O) groups excluding carboxylic acids is 2. The summed E-state index contributed by atoms with van der Waals surface area (Å²) in [5.41, 5.74) is 0.877. The molecule has 19 heavy (non-hydrogen) atoms. The number of hydrogen-bond donors (Lipinski definition) is 2. The lowest BCUT2D eigenvalue weighted by atomic mass is 10.3. The summed E-state index contributed by atoms with van der Waals surface area (Å²) in [5, 5.41) is 11.7. The van der Waals surface area contributed by atoms with Crippen LogP contribution < -0.4 is 10.1 Å². The van der Waals surface area contributed by atoms with Gasteiger partial charge in [-0.05, 0) is 24.3 Å². The molecule has 6 heteroatoms. The van der Waals surface area contributed by atoms with Gasteiger partial charge in [-0.2, -0.15) is 0 Å². The number of aliphatic hydroxyl groups is 1. The van der Waals surface area contributed by atoms with E-state index in [-0.39, 0.29) is 18.8 Å². The monoisotopic (exact) mass is 262 g/mol. The lowest BCUT2D eigenvalue weighted by Crippen LogP contribution is -2.34. The third-order valence-corrected chi connectivity index (χ3v) is 2.70. The predicted octanol–water partition coefficient (Wildman–Crippen LogP) is 0.352. The third-order valence-electron chi connectivity index (χ3n) is 2.70. The van der Waals surface area contributed by atoms with Gasteiger partial charge in [0.1, 0.15) is 11.4 Å². The number of methoxy groups -OCH3 is 1. The van der Waals surface area contributed by atoms with Crippen LogP contribution in [0, 0.1) is 0 Å². The van der Waals surface area contributed by atoms with Crippen molar-refractivity contribution in [3.8, 4) is 5.75 Å². The van der Waals surface area contributed by atoms with Crippen LogP contribution in [0.5, 0.6) is 5.75 Å². The highest BCUT2D eigenvalue weighted by atomic mass is 16.5. The average molecular weight is 262 g/mol. The summed E-state index contributed by atoms with van der Waals surface area (Å²) in [5.74, 6) is -0.153. The number of anilines is 1. The molecule has 0 aliphatic carbocycles. The Bertz CT molecular complexity index is 522. The van der Waals surface area contributed by atoms with Crippen molar-refractivity contribution in [3.63, 3.8) is 0 Å². The van der Waals surface area contributed by atoms with Gasteiger partial charge in [0.05, 0.1) is 20.3 Å². The lowest BCUT2D eigenvalue weighted by Gasteiger charge is -2.13. The Labute approximate surface area is 110 Å². The molecule has 1 heterocycles. The summed E-state index contributed by atoms with van der Waals surface area (Å²) in [6, 6.07) is 6.98. The van der Waals surface area contributed by atoms with Crippen molar-refractivity contribution in [2.75, 3.05) is 25.6 Å². The van der Waals surface area contributed by atoms with E-state index in [2.05, 4.69) is 5.32 Å². The zero-order chi connectivity index (χ0) is 13.8. The molecule has 1 aliphatic rings. The molecule has 0 fully saturated rings. The molecule has 2 amide bonds. The van der Waals surface area contributed by atoms with Crippen molar-refractivity contribution in [1.29, 1.82) is 0 Å². The van der Waals surface area contributed by atoms with Gasteiger partial charge in [0, 0.05) is 11.8 Å². The smallest absolute Gasteiger partial charge is 0.277 e. The summed E-state index contributed by atoms with van der Waals surface area (Å²) in [7, 11) is 1.57. The highest BCUT2D eigenvalue weighted by Gasteiger charge is 2.30. The van der Waals surface area contributed by atoms with Crippen LogP contribution in [0.25, 0.3) is 0 Å². The fourth-order valence-corrected chi connectivity index (χ4v) is 1.74. The molecule has 0 bridgehead atoms. The molecule has 1 aromatic carbocycles. The Kier molecular flexibility index (Phi) is 3.82. The van der Waals surface area contributed by atoms with Gasteiger partial charge in [0.15, 0.2) is 0 Å². The molecular formula is C13H14N2O4. The quantitative estimate of drug-likeness (QED) is 0.749. The first-order valence-corrected chi connectivity index (χ1v) is 5.75. The van der Waals surface area contributed by atoms with Gasteiger partial charge >= 0.3 is 0 Å². The van der Waals surface area contributed by atoms with Crippen LogP contribution in [0.1, 0.15) is 0 Å². The summed E-state index contributed by atoms with van der Waals surface area (Å²) in [4.78, 5) is 24.4. The Balaban J connectivity index is 2.09. The Morgan fingerprint density at radius 2 is 1.95 bits per heavy atom. The first-order chi connectivity index (χ1) is 9.15. The molecule has 0 spiro atoms. The van der Waals surface area contributed by atoms with E-state index in [9.17, 15) is 9.59 Å². The molecule has 0 aromatic heterocycles. The van der Waals surface area contributed by atoms with E-state index >= 15 is 0 Å². The molecule has 0 radical (unpaired) electrons. The predicted molar refractivity (Wildman–Crippen MR) is 68.5 cm³/mol. The van der Waals surface area contributed by atoms with Gasteiger partial charge in [-0.1, -0.05) is 0 Å². The van der Waals surface area contributed by atoms with E-state index in [1.807, 2.05) is 0 Å². The van der Waals surface area contributed by atoms with Crippen molar-refractivity contribution >= 4 is 17.5 Å². The van der Waals surface area contributed by atoms with Gasteiger partial charge in [0.25, 0.3) is 11.8 Å². The summed E-state index contributed by atoms with van der Waals surface area (Å²) < 4.78 is 5.03. The fraction of sp³-hybridized carbons (Fsp3) is 0.231. The molecule has 0 saturated carbocycles. The van der Waals surface area contributed by atoms with E-state index in [0.29, 0.717) is 11.4 Å². The van der Waals surface area contributed by atoms with Crippen molar-refractivity contribution in [1.82, 2.24) is 4.90 Å². The molecule has 6 nitrogen and oxygen atoms in total. The van der Waals surface area contributed by atoms with Crippen LogP contribution in [0.2, 0.25) is 0 Å². The van der Waals surface area contributed by atoms with Gasteiger partial charge < -0.3 is 15.2 Å². The number of ether oxygens (including phenoxy) is 1. The van der Waals surface area contributed by atoms with Crippen LogP contribution in [0.4, 0.5) is 5.69 Å². The van der Waals surface area contributed by atoms with Crippen LogP contribution in [0.3, 0.4) is 0 Å².